The van der Waals surface area contributed by atoms with Gasteiger partial charge in [0.2, 0.25) is 0 Å². The van der Waals surface area contributed by atoms with Crippen molar-refractivity contribution in [2.45, 2.75) is 6.54 Å². The van der Waals surface area contributed by atoms with Gasteiger partial charge in [0.25, 0.3) is 0 Å². The first-order valence-electron chi connectivity index (χ1n) is 5.28. The van der Waals surface area contributed by atoms with Gasteiger partial charge in [0, 0.05) is 7.05 Å². The zero-order valence-corrected chi connectivity index (χ0v) is 10.4. The van der Waals surface area contributed by atoms with Crippen molar-refractivity contribution in [1.82, 2.24) is 29.8 Å². The molecule has 92 valence electrons. The van der Waals surface area contributed by atoms with Gasteiger partial charge in [-0.2, -0.15) is 5.10 Å². The maximum atomic E-state index is 5.31. The molecule has 0 fully saturated rings. The standard InChI is InChI=1S/C10H10N6OS/c1-15-6-8(11-14-15)9-12-13-10(18)16(9)5-7-3-2-4-17-7/h2-4,6H,5H2,1H3,(H,13,18). The first-order valence-corrected chi connectivity index (χ1v) is 5.69. The molecule has 0 radical (unpaired) electrons. The van der Waals surface area contributed by atoms with Crippen LogP contribution >= 0.6 is 12.2 Å². The summed E-state index contributed by atoms with van der Waals surface area (Å²) in [5, 5.41) is 14.8. The average molecular weight is 262 g/mol. The van der Waals surface area contributed by atoms with E-state index in [0.717, 1.165) is 5.76 Å². The molecule has 0 unspecified atom stereocenters. The van der Waals surface area contributed by atoms with E-state index in [4.69, 9.17) is 16.6 Å². The Morgan fingerprint density at radius 3 is 3.06 bits per heavy atom. The van der Waals surface area contributed by atoms with Crippen LogP contribution in [0.4, 0.5) is 0 Å². The number of aryl methyl sites for hydroxylation is 1. The van der Waals surface area contributed by atoms with Crippen molar-refractivity contribution < 1.29 is 4.42 Å². The minimum absolute atomic E-state index is 0.508. The minimum atomic E-state index is 0.508. The van der Waals surface area contributed by atoms with Gasteiger partial charge < -0.3 is 4.42 Å². The Kier molecular flexibility index (Phi) is 2.56. The summed E-state index contributed by atoms with van der Waals surface area (Å²) in [5.41, 5.74) is 0.663. The van der Waals surface area contributed by atoms with E-state index in [-0.39, 0.29) is 0 Å². The molecule has 3 aromatic rings. The number of nitrogens with zero attached hydrogens (tertiary/aromatic N) is 5. The fourth-order valence-corrected chi connectivity index (χ4v) is 1.86. The predicted octanol–water partition coefficient (Wildman–Crippen LogP) is 1.38. The molecule has 0 bridgehead atoms. The molecule has 0 amide bonds. The number of rotatable bonds is 3. The van der Waals surface area contributed by atoms with Crippen LogP contribution < -0.4 is 0 Å². The lowest BCUT2D eigenvalue weighted by Crippen LogP contribution is -2.01. The fraction of sp³-hybridized carbons (Fsp3) is 0.200. The molecule has 0 aliphatic carbocycles. The van der Waals surface area contributed by atoms with Gasteiger partial charge in [-0.3, -0.25) is 14.3 Å². The molecule has 3 aromatic heterocycles. The number of nitrogens with one attached hydrogen (secondary N) is 1. The molecular weight excluding hydrogens is 252 g/mol. The van der Waals surface area contributed by atoms with E-state index in [1.54, 1.807) is 24.2 Å². The van der Waals surface area contributed by atoms with Crippen molar-refractivity contribution >= 4 is 12.2 Å². The summed E-state index contributed by atoms with van der Waals surface area (Å²) in [7, 11) is 1.80. The van der Waals surface area contributed by atoms with E-state index in [0.29, 0.717) is 22.8 Å². The normalized spacial score (nSPS) is 10.9. The monoisotopic (exact) mass is 262 g/mol. The summed E-state index contributed by atoms with van der Waals surface area (Å²) in [5.74, 6) is 1.45. The highest BCUT2D eigenvalue weighted by molar-refractivity contribution is 7.71. The highest BCUT2D eigenvalue weighted by Crippen LogP contribution is 2.15. The number of aromatic nitrogens is 6. The topological polar surface area (TPSA) is 77.5 Å². The summed E-state index contributed by atoms with van der Waals surface area (Å²) in [4.78, 5) is 0. The van der Waals surface area contributed by atoms with Crippen molar-refractivity contribution in [3.05, 3.63) is 35.1 Å². The molecule has 0 atom stereocenters. The van der Waals surface area contributed by atoms with Crippen LogP contribution in [0.15, 0.2) is 29.0 Å². The van der Waals surface area contributed by atoms with Gasteiger partial charge in [-0.05, 0) is 24.4 Å². The lowest BCUT2D eigenvalue weighted by atomic mass is 10.4. The minimum Gasteiger partial charge on any atom is -0.467 e. The quantitative estimate of drug-likeness (QED) is 0.721. The number of hydrogen-bond acceptors (Lipinski definition) is 5. The molecule has 18 heavy (non-hydrogen) atoms. The van der Waals surface area contributed by atoms with E-state index >= 15 is 0 Å². The van der Waals surface area contributed by atoms with Crippen molar-refractivity contribution in [3.8, 4) is 11.5 Å². The Morgan fingerprint density at radius 1 is 1.50 bits per heavy atom. The second kappa shape index (κ2) is 4.22. The van der Waals surface area contributed by atoms with Crippen LogP contribution in [0.3, 0.4) is 0 Å². The summed E-state index contributed by atoms with van der Waals surface area (Å²) in [6.45, 7) is 0.508. The molecule has 7 nitrogen and oxygen atoms in total. The smallest absolute Gasteiger partial charge is 0.195 e. The molecule has 3 heterocycles. The van der Waals surface area contributed by atoms with Gasteiger partial charge in [-0.15, -0.1) is 5.10 Å². The molecule has 0 saturated carbocycles. The Hall–Kier alpha value is -2.22. The Balaban J connectivity index is 2.04. The van der Waals surface area contributed by atoms with Crippen LogP contribution in [0.5, 0.6) is 0 Å². The SMILES string of the molecule is Cn1cc(-c2n[nH]c(=S)n2Cc2ccco2)nn1. The third-order valence-electron chi connectivity index (χ3n) is 2.48. The third-order valence-corrected chi connectivity index (χ3v) is 2.80. The van der Waals surface area contributed by atoms with E-state index in [1.807, 2.05) is 16.7 Å². The fourth-order valence-electron chi connectivity index (χ4n) is 1.67. The molecule has 0 aromatic carbocycles. The Morgan fingerprint density at radius 2 is 2.39 bits per heavy atom. The maximum absolute atomic E-state index is 5.31. The summed E-state index contributed by atoms with van der Waals surface area (Å²) in [6.07, 6.45) is 3.41. The van der Waals surface area contributed by atoms with Gasteiger partial charge in [-0.1, -0.05) is 5.21 Å². The van der Waals surface area contributed by atoms with Crippen LogP contribution in [-0.4, -0.2) is 29.8 Å². The summed E-state index contributed by atoms with van der Waals surface area (Å²) >= 11 is 5.20. The lowest BCUT2D eigenvalue weighted by Gasteiger charge is -2.01. The van der Waals surface area contributed by atoms with Gasteiger partial charge in [0.15, 0.2) is 10.6 Å². The molecule has 0 saturated heterocycles. The molecule has 1 N–H and O–H groups in total. The largest absolute Gasteiger partial charge is 0.467 e. The summed E-state index contributed by atoms with van der Waals surface area (Å²) < 4.78 is 9.26. The Labute approximate surface area is 107 Å². The highest BCUT2D eigenvalue weighted by Gasteiger charge is 2.13. The zero-order valence-electron chi connectivity index (χ0n) is 9.57. The van der Waals surface area contributed by atoms with E-state index in [2.05, 4.69) is 20.5 Å². The van der Waals surface area contributed by atoms with Gasteiger partial charge >= 0.3 is 0 Å². The Bertz CT molecular complexity index is 707. The van der Waals surface area contributed by atoms with Crippen molar-refractivity contribution in [2.24, 2.45) is 7.05 Å². The van der Waals surface area contributed by atoms with E-state index < -0.39 is 0 Å². The zero-order chi connectivity index (χ0) is 12.5. The van der Waals surface area contributed by atoms with Gasteiger partial charge in [-0.25, -0.2) is 0 Å². The van der Waals surface area contributed by atoms with Gasteiger partial charge in [0.05, 0.1) is 19.0 Å². The molecule has 0 aliphatic heterocycles. The van der Waals surface area contributed by atoms with E-state index in [1.165, 1.54) is 0 Å². The number of aromatic amines is 1. The molecule has 0 aliphatic rings. The molecule has 0 spiro atoms. The predicted molar refractivity (Wildman–Crippen MR) is 65.2 cm³/mol. The third kappa shape index (κ3) is 1.86. The van der Waals surface area contributed by atoms with Crippen LogP contribution in [0.2, 0.25) is 0 Å². The lowest BCUT2D eigenvalue weighted by molar-refractivity contribution is 0.493. The van der Waals surface area contributed by atoms with Crippen molar-refractivity contribution in [3.63, 3.8) is 0 Å². The second-order valence-corrected chi connectivity index (χ2v) is 4.18. The number of hydrogen-bond donors (Lipinski definition) is 1. The first kappa shape index (κ1) is 10.9. The van der Waals surface area contributed by atoms with Crippen LogP contribution in [-0.2, 0) is 13.6 Å². The molecule has 3 rings (SSSR count). The summed E-state index contributed by atoms with van der Waals surface area (Å²) in [6, 6.07) is 3.72. The second-order valence-electron chi connectivity index (χ2n) is 3.80. The molecule has 8 heteroatoms. The van der Waals surface area contributed by atoms with Gasteiger partial charge in [0.1, 0.15) is 11.5 Å². The number of furan rings is 1. The number of H-pyrrole nitrogens is 1. The van der Waals surface area contributed by atoms with Crippen LogP contribution in [0, 0.1) is 4.77 Å². The van der Waals surface area contributed by atoms with E-state index in [9.17, 15) is 0 Å². The molecular formula is C10H10N6OS. The maximum Gasteiger partial charge on any atom is 0.195 e. The van der Waals surface area contributed by atoms with Crippen molar-refractivity contribution in [1.29, 1.82) is 0 Å². The van der Waals surface area contributed by atoms with Crippen LogP contribution in [0.1, 0.15) is 5.76 Å². The average Bonchev–Trinajstić information content (AvgIpc) is 3.04. The first-order chi connectivity index (χ1) is 8.74. The van der Waals surface area contributed by atoms with Crippen molar-refractivity contribution in [2.75, 3.05) is 0 Å². The highest BCUT2D eigenvalue weighted by atomic mass is 32.1. The van der Waals surface area contributed by atoms with Crippen LogP contribution in [0.25, 0.3) is 11.5 Å².